The van der Waals surface area contributed by atoms with Crippen LogP contribution in [-0.4, -0.2) is 36.7 Å². The molecule has 0 amide bonds. The zero-order chi connectivity index (χ0) is 8.97. The second-order valence-corrected chi connectivity index (χ2v) is 3.03. The fourth-order valence-electron chi connectivity index (χ4n) is 1.50. The van der Waals surface area contributed by atoms with Gasteiger partial charge in [0.15, 0.2) is 5.96 Å². The SMILES string of the molecule is CCOC1CCN(C(=N)N)CC1. The largest absolute Gasteiger partial charge is 0.378 e. The van der Waals surface area contributed by atoms with Gasteiger partial charge in [-0.1, -0.05) is 0 Å². The molecule has 0 saturated carbocycles. The summed E-state index contributed by atoms with van der Waals surface area (Å²) in [5.74, 6) is 0.185. The highest BCUT2D eigenvalue weighted by atomic mass is 16.5. The molecular formula is C8H17N3O. The monoisotopic (exact) mass is 171 g/mol. The molecule has 1 aliphatic rings. The summed E-state index contributed by atoms with van der Waals surface area (Å²) >= 11 is 0. The summed E-state index contributed by atoms with van der Waals surface area (Å²) in [5.41, 5.74) is 5.35. The maximum absolute atomic E-state index is 7.22. The van der Waals surface area contributed by atoms with E-state index in [1.807, 2.05) is 11.8 Å². The van der Waals surface area contributed by atoms with E-state index >= 15 is 0 Å². The first kappa shape index (κ1) is 9.32. The molecule has 4 nitrogen and oxygen atoms in total. The van der Waals surface area contributed by atoms with Gasteiger partial charge in [-0.3, -0.25) is 5.41 Å². The number of nitrogens with zero attached hydrogens (tertiary/aromatic N) is 1. The quantitative estimate of drug-likeness (QED) is 0.466. The normalized spacial score (nSPS) is 19.6. The van der Waals surface area contributed by atoms with Crippen molar-refractivity contribution in [1.29, 1.82) is 5.41 Å². The van der Waals surface area contributed by atoms with Crippen LogP contribution in [0.2, 0.25) is 0 Å². The Morgan fingerprint density at radius 1 is 1.58 bits per heavy atom. The predicted molar refractivity (Wildman–Crippen MR) is 48.1 cm³/mol. The molecule has 0 aromatic heterocycles. The highest BCUT2D eigenvalue weighted by Crippen LogP contribution is 2.12. The number of piperidine rings is 1. The smallest absolute Gasteiger partial charge is 0.188 e. The molecule has 0 bridgehead atoms. The number of nitrogens with one attached hydrogen (secondary N) is 1. The van der Waals surface area contributed by atoms with Crippen molar-refractivity contribution < 1.29 is 4.74 Å². The number of hydrogen-bond acceptors (Lipinski definition) is 2. The Kier molecular flexibility index (Phi) is 3.34. The van der Waals surface area contributed by atoms with Gasteiger partial charge in [0.2, 0.25) is 0 Å². The maximum Gasteiger partial charge on any atom is 0.188 e. The summed E-state index contributed by atoms with van der Waals surface area (Å²) in [4.78, 5) is 1.88. The Bertz CT molecular complexity index is 152. The van der Waals surface area contributed by atoms with Crippen LogP contribution in [0.1, 0.15) is 19.8 Å². The molecule has 0 aliphatic carbocycles. The van der Waals surface area contributed by atoms with Gasteiger partial charge in [-0.25, -0.2) is 0 Å². The molecule has 1 heterocycles. The third-order valence-electron chi connectivity index (χ3n) is 2.19. The number of ether oxygens (including phenoxy) is 1. The average molecular weight is 171 g/mol. The summed E-state index contributed by atoms with van der Waals surface area (Å²) in [6.07, 6.45) is 2.37. The molecular weight excluding hydrogens is 154 g/mol. The van der Waals surface area contributed by atoms with Gasteiger partial charge in [0.1, 0.15) is 0 Å². The van der Waals surface area contributed by atoms with E-state index in [1.165, 1.54) is 0 Å². The number of guanidine groups is 1. The first-order valence-corrected chi connectivity index (χ1v) is 4.44. The summed E-state index contributed by atoms with van der Waals surface area (Å²) in [6.45, 7) is 4.52. The standard InChI is InChI=1S/C8H17N3O/c1-2-12-7-3-5-11(6-4-7)8(9)10/h7H,2-6H2,1H3,(H3,9,10). The molecule has 1 saturated heterocycles. The lowest BCUT2D eigenvalue weighted by Crippen LogP contribution is -2.44. The Labute approximate surface area is 73.2 Å². The Morgan fingerprint density at radius 3 is 2.58 bits per heavy atom. The fraction of sp³-hybridized carbons (Fsp3) is 0.875. The Hall–Kier alpha value is -0.770. The molecule has 4 heteroatoms. The molecule has 0 spiro atoms. The topological polar surface area (TPSA) is 62.3 Å². The van der Waals surface area contributed by atoms with Gasteiger partial charge in [-0.15, -0.1) is 0 Å². The van der Waals surface area contributed by atoms with Crippen LogP contribution in [0.15, 0.2) is 0 Å². The maximum atomic E-state index is 7.22. The molecule has 0 aromatic rings. The first-order chi connectivity index (χ1) is 5.74. The van der Waals surface area contributed by atoms with Crippen molar-refractivity contribution in [3.05, 3.63) is 0 Å². The highest BCUT2D eigenvalue weighted by molar-refractivity contribution is 5.74. The minimum Gasteiger partial charge on any atom is -0.378 e. The molecule has 12 heavy (non-hydrogen) atoms. The van der Waals surface area contributed by atoms with Gasteiger partial charge in [-0.05, 0) is 19.8 Å². The number of hydrogen-bond donors (Lipinski definition) is 2. The molecule has 3 N–H and O–H groups in total. The van der Waals surface area contributed by atoms with Crippen molar-refractivity contribution in [1.82, 2.24) is 4.90 Å². The van der Waals surface area contributed by atoms with Crippen molar-refractivity contribution >= 4 is 5.96 Å². The molecule has 0 radical (unpaired) electrons. The fourth-order valence-corrected chi connectivity index (χ4v) is 1.50. The van der Waals surface area contributed by atoms with E-state index in [0.717, 1.165) is 32.5 Å². The van der Waals surface area contributed by atoms with Crippen LogP contribution in [-0.2, 0) is 4.74 Å². The van der Waals surface area contributed by atoms with Crippen LogP contribution in [0.25, 0.3) is 0 Å². The van der Waals surface area contributed by atoms with E-state index in [1.54, 1.807) is 0 Å². The summed E-state index contributed by atoms with van der Waals surface area (Å²) in [5, 5.41) is 7.22. The predicted octanol–water partition coefficient (Wildman–Crippen LogP) is 0.381. The van der Waals surface area contributed by atoms with Gasteiger partial charge in [0.25, 0.3) is 0 Å². The minimum absolute atomic E-state index is 0.185. The van der Waals surface area contributed by atoms with Crippen molar-refractivity contribution in [3.8, 4) is 0 Å². The second kappa shape index (κ2) is 4.30. The minimum atomic E-state index is 0.185. The number of nitrogens with two attached hydrogens (primary N) is 1. The zero-order valence-electron chi connectivity index (χ0n) is 7.55. The van der Waals surface area contributed by atoms with E-state index in [2.05, 4.69) is 0 Å². The van der Waals surface area contributed by atoms with E-state index in [4.69, 9.17) is 15.9 Å². The van der Waals surface area contributed by atoms with Gasteiger partial charge in [0, 0.05) is 19.7 Å². The van der Waals surface area contributed by atoms with Crippen LogP contribution in [0.4, 0.5) is 0 Å². The molecule has 70 valence electrons. The van der Waals surface area contributed by atoms with Crippen molar-refractivity contribution in [3.63, 3.8) is 0 Å². The van der Waals surface area contributed by atoms with E-state index in [9.17, 15) is 0 Å². The Balaban J connectivity index is 2.25. The molecule has 1 aliphatic heterocycles. The average Bonchev–Trinajstić information content (AvgIpc) is 2.06. The molecule has 0 aromatic carbocycles. The Morgan fingerprint density at radius 2 is 2.17 bits per heavy atom. The van der Waals surface area contributed by atoms with Gasteiger partial charge in [0.05, 0.1) is 6.10 Å². The lowest BCUT2D eigenvalue weighted by atomic mass is 10.1. The third-order valence-corrected chi connectivity index (χ3v) is 2.19. The molecule has 1 fully saturated rings. The molecule has 0 unspecified atom stereocenters. The van der Waals surface area contributed by atoms with Gasteiger partial charge in [-0.2, -0.15) is 0 Å². The van der Waals surface area contributed by atoms with E-state index in [0.29, 0.717) is 6.10 Å². The third kappa shape index (κ3) is 2.37. The molecule has 0 atom stereocenters. The van der Waals surface area contributed by atoms with Crippen LogP contribution >= 0.6 is 0 Å². The van der Waals surface area contributed by atoms with Gasteiger partial charge < -0.3 is 15.4 Å². The lowest BCUT2D eigenvalue weighted by molar-refractivity contribution is 0.0266. The first-order valence-electron chi connectivity index (χ1n) is 4.44. The van der Waals surface area contributed by atoms with Crippen molar-refractivity contribution in [2.24, 2.45) is 5.73 Å². The van der Waals surface area contributed by atoms with E-state index in [-0.39, 0.29) is 5.96 Å². The zero-order valence-corrected chi connectivity index (χ0v) is 7.55. The van der Waals surface area contributed by atoms with Crippen LogP contribution in [0.5, 0.6) is 0 Å². The number of likely N-dealkylation sites (tertiary alicyclic amines) is 1. The molecule has 1 rings (SSSR count). The highest BCUT2D eigenvalue weighted by Gasteiger charge is 2.19. The van der Waals surface area contributed by atoms with Gasteiger partial charge >= 0.3 is 0 Å². The van der Waals surface area contributed by atoms with Crippen LogP contribution in [0, 0.1) is 5.41 Å². The summed E-state index contributed by atoms with van der Waals surface area (Å²) < 4.78 is 5.47. The van der Waals surface area contributed by atoms with E-state index < -0.39 is 0 Å². The summed E-state index contributed by atoms with van der Waals surface area (Å²) in [7, 11) is 0. The number of rotatable bonds is 2. The van der Waals surface area contributed by atoms with Crippen LogP contribution in [0.3, 0.4) is 0 Å². The van der Waals surface area contributed by atoms with Crippen molar-refractivity contribution in [2.45, 2.75) is 25.9 Å². The summed E-state index contributed by atoms with van der Waals surface area (Å²) in [6, 6.07) is 0. The van der Waals surface area contributed by atoms with Crippen LogP contribution < -0.4 is 5.73 Å². The lowest BCUT2D eigenvalue weighted by Gasteiger charge is -2.31. The second-order valence-electron chi connectivity index (χ2n) is 3.03. The van der Waals surface area contributed by atoms with Crippen molar-refractivity contribution in [2.75, 3.05) is 19.7 Å².